The Morgan fingerprint density at radius 3 is 2.25 bits per heavy atom. The number of fused-ring (bicyclic) bond motifs is 1. The van der Waals surface area contributed by atoms with Crippen molar-refractivity contribution < 1.29 is 4.79 Å². The van der Waals surface area contributed by atoms with E-state index in [-0.39, 0.29) is 27.0 Å². The summed E-state index contributed by atoms with van der Waals surface area (Å²) in [6.45, 7) is 6.77. The Morgan fingerprint density at radius 1 is 1.20 bits per heavy atom. The van der Waals surface area contributed by atoms with Crippen LogP contribution < -0.4 is 5.32 Å². The van der Waals surface area contributed by atoms with Gasteiger partial charge in [-0.15, -0.1) is 0 Å². The second-order valence-corrected chi connectivity index (χ2v) is 8.67. The number of nitrogens with one attached hydrogen (secondary N) is 1. The van der Waals surface area contributed by atoms with Gasteiger partial charge in [0.25, 0.3) is 0 Å². The van der Waals surface area contributed by atoms with Crippen molar-refractivity contribution in [1.82, 2.24) is 0 Å². The van der Waals surface area contributed by atoms with E-state index in [0.29, 0.717) is 0 Å². The second kappa shape index (κ2) is 4.33. The highest BCUT2D eigenvalue weighted by Gasteiger charge is 2.80. The topological polar surface area (TPSA) is 29.1 Å². The van der Waals surface area contributed by atoms with E-state index in [1.165, 1.54) is 0 Å². The summed E-state index contributed by atoms with van der Waals surface area (Å²) in [6.07, 6.45) is 2.08. The Labute approximate surface area is 137 Å². The van der Waals surface area contributed by atoms with E-state index in [4.69, 9.17) is 0 Å². The first-order valence-electron chi connectivity index (χ1n) is 6.97. The molecule has 0 heterocycles. The minimum atomic E-state index is -0.283. The molecular weight excluding hydrogens is 382 g/mol. The van der Waals surface area contributed by atoms with Crippen LogP contribution in [0.3, 0.4) is 0 Å². The van der Waals surface area contributed by atoms with Crippen LogP contribution in [0, 0.1) is 16.2 Å². The number of hydrogen-bond acceptors (Lipinski definition) is 1. The van der Waals surface area contributed by atoms with Gasteiger partial charge in [0.2, 0.25) is 5.91 Å². The lowest BCUT2D eigenvalue weighted by atomic mass is 9.43. The molecule has 4 heteroatoms. The van der Waals surface area contributed by atoms with Gasteiger partial charge < -0.3 is 5.32 Å². The third-order valence-corrected chi connectivity index (χ3v) is 8.40. The molecule has 1 aromatic carbocycles. The largest absolute Gasteiger partial charge is 0.326 e. The van der Waals surface area contributed by atoms with Gasteiger partial charge in [-0.1, -0.05) is 52.6 Å². The molecule has 3 aliphatic carbocycles. The summed E-state index contributed by atoms with van der Waals surface area (Å²) >= 11 is 7.21. The molecule has 0 aliphatic heterocycles. The van der Waals surface area contributed by atoms with Gasteiger partial charge in [-0.05, 0) is 47.9 Å². The van der Waals surface area contributed by atoms with E-state index in [1.54, 1.807) is 0 Å². The lowest BCUT2D eigenvalue weighted by molar-refractivity contribution is -0.155. The van der Waals surface area contributed by atoms with Crippen LogP contribution in [0.5, 0.6) is 0 Å². The fourth-order valence-electron chi connectivity index (χ4n) is 4.23. The van der Waals surface area contributed by atoms with Crippen LogP contribution >= 0.6 is 31.9 Å². The molecule has 4 rings (SSSR count). The number of alkyl halides is 1. The molecule has 0 unspecified atom stereocenters. The van der Waals surface area contributed by atoms with Crippen molar-refractivity contribution >= 4 is 43.5 Å². The van der Waals surface area contributed by atoms with Crippen LogP contribution in [0.4, 0.5) is 5.69 Å². The summed E-state index contributed by atoms with van der Waals surface area (Å²) in [7, 11) is 0. The van der Waals surface area contributed by atoms with Crippen molar-refractivity contribution in [1.29, 1.82) is 0 Å². The number of benzene rings is 1. The van der Waals surface area contributed by atoms with E-state index in [9.17, 15) is 4.79 Å². The fourth-order valence-corrected chi connectivity index (χ4v) is 6.31. The first-order valence-corrected chi connectivity index (χ1v) is 8.68. The van der Waals surface area contributed by atoms with Crippen LogP contribution in [0.2, 0.25) is 0 Å². The predicted octanol–water partition coefficient (Wildman–Crippen LogP) is 4.98. The molecule has 0 saturated heterocycles. The SMILES string of the molecule is CC1(C)[C@]2(C)CC[C@@]1(C(=O)Nc1ccc(Br)cc1)[C@@H]2Br. The minimum Gasteiger partial charge on any atom is -0.326 e. The number of amides is 1. The quantitative estimate of drug-likeness (QED) is 0.697. The van der Waals surface area contributed by atoms with Crippen LogP contribution in [-0.2, 0) is 4.79 Å². The van der Waals surface area contributed by atoms with Crippen molar-refractivity contribution in [2.75, 3.05) is 5.32 Å². The van der Waals surface area contributed by atoms with Crippen molar-refractivity contribution in [3.05, 3.63) is 28.7 Å². The van der Waals surface area contributed by atoms with Crippen LogP contribution in [0.15, 0.2) is 28.7 Å². The van der Waals surface area contributed by atoms with E-state index >= 15 is 0 Å². The molecule has 108 valence electrons. The maximum Gasteiger partial charge on any atom is 0.232 e. The fraction of sp³-hybridized carbons (Fsp3) is 0.562. The molecule has 3 saturated carbocycles. The van der Waals surface area contributed by atoms with Gasteiger partial charge in [0.1, 0.15) is 0 Å². The van der Waals surface area contributed by atoms with Crippen LogP contribution in [0.25, 0.3) is 0 Å². The summed E-state index contributed by atoms with van der Waals surface area (Å²) in [5.74, 6) is 0.154. The Kier molecular flexibility index (Phi) is 3.15. The molecule has 0 radical (unpaired) electrons. The smallest absolute Gasteiger partial charge is 0.232 e. The molecule has 0 aromatic heterocycles. The number of anilines is 1. The van der Waals surface area contributed by atoms with Gasteiger partial charge >= 0.3 is 0 Å². The molecule has 3 aliphatic rings. The van der Waals surface area contributed by atoms with E-state index in [1.807, 2.05) is 24.3 Å². The number of halogens is 2. The molecule has 1 N–H and O–H groups in total. The Balaban J connectivity index is 1.86. The summed E-state index contributed by atoms with van der Waals surface area (Å²) in [4.78, 5) is 13.1. The van der Waals surface area contributed by atoms with Gasteiger partial charge in [0, 0.05) is 15.0 Å². The Morgan fingerprint density at radius 2 is 1.80 bits per heavy atom. The maximum absolute atomic E-state index is 12.9. The molecule has 1 aromatic rings. The highest BCUT2D eigenvalue weighted by atomic mass is 79.9. The molecule has 3 fully saturated rings. The molecule has 3 atom stereocenters. The number of carbonyl (C=O) groups excluding carboxylic acids is 1. The molecule has 2 bridgehead atoms. The average molecular weight is 401 g/mol. The Bertz CT molecular complexity index is 568. The molecule has 20 heavy (non-hydrogen) atoms. The van der Waals surface area contributed by atoms with Gasteiger partial charge in [-0.3, -0.25) is 4.79 Å². The molecule has 0 spiro atoms. The number of hydrogen-bond donors (Lipinski definition) is 1. The van der Waals surface area contributed by atoms with Gasteiger partial charge in [0.15, 0.2) is 0 Å². The molecule has 2 nitrogen and oxygen atoms in total. The van der Waals surface area contributed by atoms with Gasteiger partial charge in [-0.25, -0.2) is 0 Å². The summed E-state index contributed by atoms with van der Waals surface area (Å²) < 4.78 is 1.02. The van der Waals surface area contributed by atoms with Crippen LogP contribution in [-0.4, -0.2) is 10.7 Å². The zero-order valence-electron chi connectivity index (χ0n) is 12.0. The first-order chi connectivity index (χ1) is 9.25. The van der Waals surface area contributed by atoms with Crippen LogP contribution in [0.1, 0.15) is 33.6 Å². The lowest BCUT2D eigenvalue weighted by Gasteiger charge is -2.64. The summed E-state index contributed by atoms with van der Waals surface area (Å²) in [5, 5.41) is 3.10. The third-order valence-electron chi connectivity index (χ3n) is 6.08. The van der Waals surface area contributed by atoms with Crippen molar-refractivity contribution in [2.24, 2.45) is 16.2 Å². The summed E-state index contributed by atoms with van der Waals surface area (Å²) in [5.41, 5.74) is 0.843. The third kappa shape index (κ3) is 1.52. The minimum absolute atomic E-state index is 0.0353. The average Bonchev–Trinajstić information content (AvgIpc) is 2.80. The van der Waals surface area contributed by atoms with Crippen molar-refractivity contribution in [3.63, 3.8) is 0 Å². The Hall–Kier alpha value is -0.350. The second-order valence-electron chi connectivity index (χ2n) is 6.84. The lowest BCUT2D eigenvalue weighted by Crippen LogP contribution is -2.68. The molecular formula is C16H19Br2NO. The van der Waals surface area contributed by atoms with E-state index in [0.717, 1.165) is 23.0 Å². The zero-order chi connectivity index (χ0) is 14.8. The highest BCUT2D eigenvalue weighted by molar-refractivity contribution is 9.10. The highest BCUT2D eigenvalue weighted by Crippen LogP contribution is 2.79. The predicted molar refractivity (Wildman–Crippen MR) is 89.0 cm³/mol. The van der Waals surface area contributed by atoms with Crippen molar-refractivity contribution in [2.45, 2.75) is 38.4 Å². The van der Waals surface area contributed by atoms with Crippen molar-refractivity contribution in [3.8, 4) is 0 Å². The van der Waals surface area contributed by atoms with E-state index < -0.39 is 0 Å². The number of carbonyl (C=O) groups is 1. The number of rotatable bonds is 2. The first kappa shape index (κ1) is 14.6. The molecule has 1 amide bonds. The summed E-state index contributed by atoms with van der Waals surface area (Å²) in [6, 6.07) is 7.76. The maximum atomic E-state index is 12.9. The standard InChI is InChI=1S/C16H19Br2NO/c1-14(2)15(3)8-9-16(14,12(15)18)13(20)19-11-6-4-10(17)5-7-11/h4-7,12H,8-9H2,1-3H3,(H,19,20)/t12-,15-,16+/m1/s1. The normalized spacial score (nSPS) is 37.4. The van der Waals surface area contributed by atoms with Gasteiger partial charge in [-0.2, -0.15) is 0 Å². The van der Waals surface area contributed by atoms with Gasteiger partial charge in [0.05, 0.1) is 5.41 Å². The zero-order valence-corrected chi connectivity index (χ0v) is 15.1. The monoisotopic (exact) mass is 399 g/mol. The van der Waals surface area contributed by atoms with E-state index in [2.05, 4.69) is 57.9 Å².